The number of hydrogen-bond acceptors (Lipinski definition) is 2. The van der Waals surface area contributed by atoms with Gasteiger partial charge in [0.25, 0.3) is 7.98 Å². The minimum Gasteiger partial charge on any atom is -0.366 e. The highest BCUT2D eigenvalue weighted by Gasteiger charge is 2.13. The van der Waals surface area contributed by atoms with Crippen LogP contribution in [-0.2, 0) is 6.54 Å². The van der Waals surface area contributed by atoms with Crippen LogP contribution >= 0.6 is 0 Å². The van der Waals surface area contributed by atoms with Gasteiger partial charge in [0, 0.05) is 12.2 Å². The minimum atomic E-state index is 0.841. The van der Waals surface area contributed by atoms with Crippen LogP contribution in [0.1, 0.15) is 11.1 Å². The van der Waals surface area contributed by atoms with Crippen LogP contribution in [0.25, 0.3) is 0 Å². The molecule has 0 unspecified atom stereocenters. The van der Waals surface area contributed by atoms with E-state index in [0.29, 0.717) is 0 Å². The van der Waals surface area contributed by atoms with Gasteiger partial charge in [0.05, 0.1) is 0 Å². The Bertz CT molecular complexity index is 285. The molecule has 1 aliphatic rings. The third-order valence-electron chi connectivity index (χ3n) is 1.93. The van der Waals surface area contributed by atoms with Gasteiger partial charge in [0.2, 0.25) is 0 Å². The average Bonchev–Trinajstić information content (AvgIpc) is 2.32. The van der Waals surface area contributed by atoms with Gasteiger partial charge in [-0.1, -0.05) is 17.7 Å². The molecule has 2 rings (SSSR count). The zero-order valence-electron chi connectivity index (χ0n) is 6.46. The maximum atomic E-state index is 5.62. The summed E-state index contributed by atoms with van der Waals surface area (Å²) in [6, 6.07) is 6.24. The Kier molecular flexibility index (Phi) is 1.39. The van der Waals surface area contributed by atoms with Crippen molar-refractivity contribution in [3.8, 4) is 0 Å². The van der Waals surface area contributed by atoms with Gasteiger partial charge in [-0.15, -0.1) is 0 Å². The largest absolute Gasteiger partial charge is 0.366 e. The number of nitrogens with one attached hydrogen (secondary N) is 1. The first-order valence-electron chi connectivity index (χ1n) is 3.65. The van der Waals surface area contributed by atoms with E-state index in [1.54, 1.807) is 4.92 Å². The Morgan fingerprint density at radius 3 is 3.18 bits per heavy atom. The first-order valence-corrected chi connectivity index (χ1v) is 3.65. The summed E-state index contributed by atoms with van der Waals surface area (Å²) in [5.74, 6) is 0. The number of nitrogens with zero attached hydrogens (tertiary/aromatic N) is 1. The molecular formula is C8H9BN2. The highest BCUT2D eigenvalue weighted by Crippen LogP contribution is 2.23. The zero-order valence-corrected chi connectivity index (χ0v) is 6.46. The lowest BCUT2D eigenvalue weighted by Gasteiger charge is -2.11. The summed E-state index contributed by atoms with van der Waals surface area (Å²) < 4.78 is 0. The van der Waals surface area contributed by atoms with Crippen LogP contribution < -0.4 is 10.3 Å². The van der Waals surface area contributed by atoms with Gasteiger partial charge in [-0.25, -0.2) is 5.43 Å². The maximum absolute atomic E-state index is 5.62. The lowest BCUT2D eigenvalue weighted by Crippen LogP contribution is -2.28. The Morgan fingerprint density at radius 1 is 1.55 bits per heavy atom. The Labute approximate surface area is 67.6 Å². The van der Waals surface area contributed by atoms with E-state index in [0.717, 1.165) is 12.2 Å². The molecule has 11 heavy (non-hydrogen) atoms. The normalized spacial score (nSPS) is 15.2. The quantitative estimate of drug-likeness (QED) is 0.544. The highest BCUT2D eigenvalue weighted by molar-refractivity contribution is 6.17. The summed E-state index contributed by atoms with van der Waals surface area (Å²) in [5, 5.41) is 0. The molecule has 0 saturated carbocycles. The minimum absolute atomic E-state index is 0.841. The fourth-order valence-electron chi connectivity index (χ4n) is 1.35. The van der Waals surface area contributed by atoms with Crippen molar-refractivity contribution >= 4 is 13.7 Å². The van der Waals surface area contributed by atoms with Gasteiger partial charge < -0.3 is 4.92 Å². The lowest BCUT2D eigenvalue weighted by molar-refractivity contribution is 0.800. The van der Waals surface area contributed by atoms with Crippen LogP contribution in [0, 0.1) is 6.92 Å². The number of anilines is 1. The first kappa shape index (κ1) is 6.74. The number of rotatable bonds is 0. The van der Waals surface area contributed by atoms with Crippen LogP contribution in [0.2, 0.25) is 0 Å². The summed E-state index contributed by atoms with van der Waals surface area (Å²) in [6.07, 6.45) is 0. The zero-order chi connectivity index (χ0) is 7.84. The second-order valence-corrected chi connectivity index (χ2v) is 2.84. The van der Waals surface area contributed by atoms with E-state index in [-0.39, 0.29) is 0 Å². The summed E-state index contributed by atoms with van der Waals surface area (Å²) >= 11 is 0. The molecule has 0 aliphatic carbocycles. The van der Waals surface area contributed by atoms with Crippen molar-refractivity contribution in [3.63, 3.8) is 0 Å². The molecule has 0 amide bonds. The average molecular weight is 144 g/mol. The monoisotopic (exact) mass is 144 g/mol. The van der Waals surface area contributed by atoms with Gasteiger partial charge in [-0.05, 0) is 18.6 Å². The molecule has 0 spiro atoms. The number of hydrazine groups is 1. The van der Waals surface area contributed by atoms with Crippen LogP contribution in [0.5, 0.6) is 0 Å². The lowest BCUT2D eigenvalue weighted by atomic mass is 10.1. The van der Waals surface area contributed by atoms with E-state index in [1.807, 2.05) is 6.07 Å². The van der Waals surface area contributed by atoms with Crippen molar-refractivity contribution in [2.75, 3.05) is 4.92 Å². The molecule has 54 valence electrons. The SMILES string of the molecule is [B]N1NCc2cc(C)ccc21. The first-order chi connectivity index (χ1) is 5.27. The van der Waals surface area contributed by atoms with Crippen LogP contribution in [-0.4, -0.2) is 7.98 Å². The molecule has 1 aromatic rings. The molecule has 0 bridgehead atoms. The topological polar surface area (TPSA) is 15.3 Å². The Balaban J connectivity index is 2.50. The number of aryl methyl sites for hydroxylation is 1. The van der Waals surface area contributed by atoms with Crippen LogP contribution in [0.4, 0.5) is 5.69 Å². The number of hydrogen-bond donors (Lipinski definition) is 1. The van der Waals surface area contributed by atoms with Gasteiger partial charge in [-0.3, -0.25) is 0 Å². The summed E-state index contributed by atoms with van der Waals surface area (Å²) in [5.41, 5.74) is 6.65. The predicted octanol–water partition coefficient (Wildman–Crippen LogP) is 0.903. The van der Waals surface area contributed by atoms with Crippen molar-refractivity contribution in [1.82, 2.24) is 5.43 Å². The van der Waals surface area contributed by atoms with Gasteiger partial charge in [-0.2, -0.15) is 0 Å². The summed E-state index contributed by atoms with van der Waals surface area (Å²) in [4.78, 5) is 1.56. The number of benzene rings is 1. The highest BCUT2D eigenvalue weighted by atomic mass is 15.5. The molecule has 2 nitrogen and oxygen atoms in total. The summed E-state index contributed by atoms with van der Waals surface area (Å²) in [7, 11) is 5.62. The van der Waals surface area contributed by atoms with E-state index >= 15 is 0 Å². The molecule has 1 N–H and O–H groups in total. The van der Waals surface area contributed by atoms with Crippen LogP contribution in [0.3, 0.4) is 0 Å². The second kappa shape index (κ2) is 2.27. The van der Waals surface area contributed by atoms with E-state index in [2.05, 4.69) is 24.5 Å². The van der Waals surface area contributed by atoms with E-state index in [1.165, 1.54) is 11.1 Å². The van der Waals surface area contributed by atoms with Crippen molar-refractivity contribution in [1.29, 1.82) is 0 Å². The third-order valence-corrected chi connectivity index (χ3v) is 1.93. The molecule has 0 saturated heterocycles. The fourth-order valence-corrected chi connectivity index (χ4v) is 1.35. The molecule has 3 heteroatoms. The van der Waals surface area contributed by atoms with Crippen LogP contribution in [0.15, 0.2) is 18.2 Å². The van der Waals surface area contributed by atoms with Crippen molar-refractivity contribution < 1.29 is 0 Å². The van der Waals surface area contributed by atoms with Gasteiger partial charge in [0.1, 0.15) is 0 Å². The standard InChI is InChI=1S/C8H9BN2/c1-6-2-3-8-7(4-6)5-10-11(8)9/h2-4,10H,5H2,1H3. The third kappa shape index (κ3) is 1.01. The van der Waals surface area contributed by atoms with E-state index in [9.17, 15) is 0 Å². The molecule has 0 fully saturated rings. The summed E-state index contributed by atoms with van der Waals surface area (Å²) in [6.45, 7) is 2.92. The molecule has 1 aromatic carbocycles. The molecule has 1 heterocycles. The van der Waals surface area contributed by atoms with Gasteiger partial charge in [0.15, 0.2) is 0 Å². The molecule has 0 aromatic heterocycles. The predicted molar refractivity (Wildman–Crippen MR) is 46.3 cm³/mol. The van der Waals surface area contributed by atoms with Gasteiger partial charge >= 0.3 is 0 Å². The molecule has 1 aliphatic heterocycles. The number of fused-ring (bicyclic) bond motifs is 1. The fraction of sp³-hybridized carbons (Fsp3) is 0.250. The van der Waals surface area contributed by atoms with Crippen molar-refractivity contribution in [3.05, 3.63) is 29.3 Å². The van der Waals surface area contributed by atoms with Crippen molar-refractivity contribution in [2.45, 2.75) is 13.5 Å². The smallest absolute Gasteiger partial charge is 0.253 e. The van der Waals surface area contributed by atoms with E-state index in [4.69, 9.17) is 7.98 Å². The Morgan fingerprint density at radius 2 is 2.36 bits per heavy atom. The van der Waals surface area contributed by atoms with Crippen molar-refractivity contribution in [2.24, 2.45) is 0 Å². The Hall–Kier alpha value is -0.955. The molecule has 0 atom stereocenters. The van der Waals surface area contributed by atoms with E-state index < -0.39 is 0 Å². The second-order valence-electron chi connectivity index (χ2n) is 2.84. The molecule has 2 radical (unpaired) electrons. The maximum Gasteiger partial charge on any atom is 0.253 e. The molecular weight excluding hydrogens is 135 g/mol.